The zero-order chi connectivity index (χ0) is 10.3. The third-order valence-corrected chi connectivity index (χ3v) is 2.73. The number of nitrogens with two attached hydrogens (primary N) is 1. The Hall–Kier alpha value is -1.14. The standard InChI is InChI=1S/C8H7BrN2O3/c9-5-1-4-6(10)3-14-8(4)2-7(5)11(12)13/h1-2,6H,3,10H2/t6-/m1/s1. The summed E-state index contributed by atoms with van der Waals surface area (Å²) in [5.41, 5.74) is 6.53. The number of fused-ring (bicyclic) bond motifs is 1. The van der Waals surface area contributed by atoms with Gasteiger partial charge < -0.3 is 10.5 Å². The molecule has 0 bridgehead atoms. The van der Waals surface area contributed by atoms with Gasteiger partial charge in [0, 0.05) is 5.56 Å². The van der Waals surface area contributed by atoms with E-state index in [1.165, 1.54) is 6.07 Å². The van der Waals surface area contributed by atoms with Gasteiger partial charge in [0.1, 0.15) is 12.4 Å². The first-order valence-corrected chi connectivity index (χ1v) is 4.75. The normalized spacial score (nSPS) is 18.9. The van der Waals surface area contributed by atoms with E-state index in [0.29, 0.717) is 16.8 Å². The number of ether oxygens (including phenoxy) is 1. The van der Waals surface area contributed by atoms with Gasteiger partial charge in [-0.1, -0.05) is 0 Å². The summed E-state index contributed by atoms with van der Waals surface area (Å²) in [6.07, 6.45) is 0. The molecule has 0 aromatic heterocycles. The Morgan fingerprint density at radius 1 is 1.64 bits per heavy atom. The molecule has 6 heteroatoms. The van der Waals surface area contributed by atoms with Crippen molar-refractivity contribution in [1.29, 1.82) is 0 Å². The summed E-state index contributed by atoms with van der Waals surface area (Å²) in [5, 5.41) is 10.6. The van der Waals surface area contributed by atoms with Gasteiger partial charge in [-0.3, -0.25) is 10.1 Å². The predicted molar refractivity (Wildman–Crippen MR) is 53.2 cm³/mol. The van der Waals surface area contributed by atoms with Crippen LogP contribution in [0, 0.1) is 10.1 Å². The molecule has 0 saturated heterocycles. The SMILES string of the molecule is N[C@@H]1COc2cc([N+](=O)[O-])c(Br)cc21. The number of benzene rings is 1. The summed E-state index contributed by atoms with van der Waals surface area (Å²) in [5.74, 6) is 0.507. The van der Waals surface area contributed by atoms with Gasteiger partial charge >= 0.3 is 0 Å². The van der Waals surface area contributed by atoms with Gasteiger partial charge in [-0.05, 0) is 22.0 Å². The number of nitro groups is 1. The molecule has 5 nitrogen and oxygen atoms in total. The van der Waals surface area contributed by atoms with Crippen molar-refractivity contribution in [2.75, 3.05) is 6.61 Å². The third kappa shape index (κ3) is 1.36. The van der Waals surface area contributed by atoms with E-state index < -0.39 is 4.92 Å². The molecule has 0 radical (unpaired) electrons. The Kier molecular flexibility index (Phi) is 2.16. The molecule has 0 fully saturated rings. The van der Waals surface area contributed by atoms with Crippen molar-refractivity contribution in [3.63, 3.8) is 0 Å². The Balaban J connectivity index is 2.55. The minimum Gasteiger partial charge on any atom is -0.491 e. The van der Waals surface area contributed by atoms with Crippen LogP contribution >= 0.6 is 15.9 Å². The zero-order valence-electron chi connectivity index (χ0n) is 7.07. The Bertz CT molecular complexity index is 408. The Morgan fingerprint density at radius 2 is 2.36 bits per heavy atom. The van der Waals surface area contributed by atoms with Crippen LogP contribution in [-0.2, 0) is 0 Å². The molecule has 0 amide bonds. The minimum atomic E-state index is -0.461. The van der Waals surface area contributed by atoms with E-state index >= 15 is 0 Å². The molecular formula is C8H7BrN2O3. The van der Waals surface area contributed by atoms with Crippen molar-refractivity contribution in [3.05, 3.63) is 32.3 Å². The lowest BCUT2D eigenvalue weighted by Gasteiger charge is -2.01. The summed E-state index contributed by atoms with van der Waals surface area (Å²) in [4.78, 5) is 10.1. The maximum absolute atomic E-state index is 10.6. The van der Waals surface area contributed by atoms with Crippen LogP contribution in [0.3, 0.4) is 0 Å². The molecular weight excluding hydrogens is 252 g/mol. The summed E-state index contributed by atoms with van der Waals surface area (Å²) >= 11 is 3.13. The molecule has 1 aliphatic rings. The first-order valence-electron chi connectivity index (χ1n) is 3.96. The first-order chi connectivity index (χ1) is 6.59. The highest BCUT2D eigenvalue weighted by atomic mass is 79.9. The largest absolute Gasteiger partial charge is 0.491 e. The zero-order valence-corrected chi connectivity index (χ0v) is 8.65. The number of rotatable bonds is 1. The van der Waals surface area contributed by atoms with Crippen molar-refractivity contribution in [2.24, 2.45) is 5.73 Å². The average molecular weight is 259 g/mol. The molecule has 2 rings (SSSR count). The lowest BCUT2D eigenvalue weighted by atomic mass is 10.1. The van der Waals surface area contributed by atoms with E-state index in [2.05, 4.69) is 15.9 Å². The van der Waals surface area contributed by atoms with Gasteiger partial charge in [0.2, 0.25) is 0 Å². The van der Waals surface area contributed by atoms with Gasteiger partial charge in [-0.15, -0.1) is 0 Å². The summed E-state index contributed by atoms with van der Waals surface area (Å²) < 4.78 is 5.64. The fourth-order valence-corrected chi connectivity index (χ4v) is 1.89. The topological polar surface area (TPSA) is 78.4 Å². The summed E-state index contributed by atoms with van der Waals surface area (Å²) in [6, 6.07) is 2.85. The van der Waals surface area contributed by atoms with Crippen LogP contribution in [0.1, 0.15) is 11.6 Å². The van der Waals surface area contributed by atoms with E-state index in [1.807, 2.05) is 0 Å². The monoisotopic (exact) mass is 258 g/mol. The molecule has 0 unspecified atom stereocenters. The third-order valence-electron chi connectivity index (χ3n) is 2.09. The molecule has 0 saturated carbocycles. The molecule has 1 aromatic rings. The van der Waals surface area contributed by atoms with E-state index in [4.69, 9.17) is 10.5 Å². The van der Waals surface area contributed by atoms with Gasteiger partial charge in [0.05, 0.1) is 21.5 Å². The van der Waals surface area contributed by atoms with Crippen molar-refractivity contribution in [1.82, 2.24) is 0 Å². The smallest absolute Gasteiger partial charge is 0.287 e. The van der Waals surface area contributed by atoms with Crippen LogP contribution in [-0.4, -0.2) is 11.5 Å². The number of hydrogen-bond donors (Lipinski definition) is 1. The number of nitro benzene ring substituents is 1. The van der Waals surface area contributed by atoms with Crippen LogP contribution < -0.4 is 10.5 Å². The van der Waals surface area contributed by atoms with E-state index in [9.17, 15) is 10.1 Å². The highest BCUT2D eigenvalue weighted by Gasteiger charge is 2.25. The molecule has 1 aromatic carbocycles. The second-order valence-corrected chi connectivity index (χ2v) is 3.87. The lowest BCUT2D eigenvalue weighted by Crippen LogP contribution is -2.10. The number of nitrogens with zero attached hydrogens (tertiary/aromatic N) is 1. The van der Waals surface area contributed by atoms with Crippen LogP contribution in [0.2, 0.25) is 0 Å². The summed E-state index contributed by atoms with van der Waals surface area (Å²) in [7, 11) is 0. The molecule has 2 N–H and O–H groups in total. The van der Waals surface area contributed by atoms with Crippen molar-refractivity contribution in [2.45, 2.75) is 6.04 Å². The molecule has 14 heavy (non-hydrogen) atoms. The molecule has 74 valence electrons. The average Bonchev–Trinajstić information content (AvgIpc) is 2.46. The van der Waals surface area contributed by atoms with Crippen LogP contribution in [0.25, 0.3) is 0 Å². The van der Waals surface area contributed by atoms with Crippen molar-refractivity contribution < 1.29 is 9.66 Å². The van der Waals surface area contributed by atoms with Crippen molar-refractivity contribution in [3.8, 4) is 5.75 Å². The van der Waals surface area contributed by atoms with Gasteiger partial charge in [-0.25, -0.2) is 0 Å². The molecule has 1 aliphatic heterocycles. The highest BCUT2D eigenvalue weighted by Crippen LogP contribution is 2.38. The van der Waals surface area contributed by atoms with Crippen molar-refractivity contribution >= 4 is 21.6 Å². The van der Waals surface area contributed by atoms with Crippen LogP contribution in [0.15, 0.2) is 16.6 Å². The van der Waals surface area contributed by atoms with Gasteiger partial charge in [-0.2, -0.15) is 0 Å². The van der Waals surface area contributed by atoms with E-state index in [1.54, 1.807) is 6.07 Å². The van der Waals surface area contributed by atoms with Crippen LogP contribution in [0.5, 0.6) is 5.75 Å². The van der Waals surface area contributed by atoms with Gasteiger partial charge in [0.25, 0.3) is 5.69 Å². The Labute approximate surface area is 88.1 Å². The predicted octanol–water partition coefficient (Wildman–Crippen LogP) is 1.75. The second kappa shape index (κ2) is 3.21. The van der Waals surface area contributed by atoms with E-state index in [0.717, 1.165) is 5.56 Å². The highest BCUT2D eigenvalue weighted by molar-refractivity contribution is 9.10. The van der Waals surface area contributed by atoms with Gasteiger partial charge in [0.15, 0.2) is 0 Å². The Morgan fingerprint density at radius 3 is 3.00 bits per heavy atom. The number of halogens is 1. The minimum absolute atomic E-state index is 0.00199. The molecule has 0 aliphatic carbocycles. The van der Waals surface area contributed by atoms with Crippen LogP contribution in [0.4, 0.5) is 5.69 Å². The maximum Gasteiger partial charge on any atom is 0.287 e. The fraction of sp³-hybridized carbons (Fsp3) is 0.250. The first kappa shape index (κ1) is 9.42. The molecule has 1 heterocycles. The van der Waals surface area contributed by atoms with E-state index in [-0.39, 0.29) is 11.7 Å². The fourth-order valence-electron chi connectivity index (χ4n) is 1.38. The maximum atomic E-state index is 10.6. The molecule has 0 spiro atoms. The number of hydrogen-bond acceptors (Lipinski definition) is 4. The quantitative estimate of drug-likeness (QED) is 0.615. The molecule has 1 atom stereocenters. The summed E-state index contributed by atoms with van der Waals surface area (Å²) in [6.45, 7) is 0.378. The second-order valence-electron chi connectivity index (χ2n) is 3.02. The lowest BCUT2D eigenvalue weighted by molar-refractivity contribution is -0.385.